The van der Waals surface area contributed by atoms with Crippen LogP contribution in [-0.4, -0.2) is 47.9 Å². The number of aryl methyl sites for hydroxylation is 2. The lowest BCUT2D eigenvalue weighted by Gasteiger charge is -2.30. The summed E-state index contributed by atoms with van der Waals surface area (Å²) in [7, 11) is -7.39. The van der Waals surface area contributed by atoms with Gasteiger partial charge in [0, 0.05) is 42.3 Å². The molecule has 2 heterocycles. The van der Waals surface area contributed by atoms with Crippen LogP contribution < -0.4 is 15.5 Å². The second-order valence-electron chi connectivity index (χ2n) is 12.6. The molecule has 10 nitrogen and oxygen atoms in total. The first-order chi connectivity index (χ1) is 23.7. The number of nitrogens with two attached hydrogens (primary N) is 1. The average molecular weight is 760 g/mol. The van der Waals surface area contributed by atoms with Crippen LogP contribution in [-0.2, 0) is 19.7 Å². The van der Waals surface area contributed by atoms with Crippen molar-refractivity contribution < 1.29 is 21.8 Å². The van der Waals surface area contributed by atoms with Crippen molar-refractivity contribution >= 4 is 65.6 Å². The summed E-state index contributed by atoms with van der Waals surface area (Å²) in [5.41, 5.74) is 9.20. The Balaban J connectivity index is 0.000000195. The van der Waals surface area contributed by atoms with Gasteiger partial charge in [0.2, 0.25) is 19.7 Å². The fraction of sp³-hybridized carbons (Fsp3) is 0.333. The Bertz CT molecular complexity index is 2120. The lowest BCUT2D eigenvalue weighted by atomic mass is 10.1. The molecule has 0 spiro atoms. The molecule has 0 aliphatic carbocycles. The third kappa shape index (κ3) is 8.20. The number of nitrogen functional groups attached to an aromatic ring is 1. The minimum atomic E-state index is -3.79. The average Bonchev–Trinajstić information content (AvgIpc) is 3.11. The summed E-state index contributed by atoms with van der Waals surface area (Å²) in [6.45, 7) is 6.72. The number of halogens is 2. The van der Waals surface area contributed by atoms with Crippen LogP contribution in [0.5, 0.6) is 0 Å². The van der Waals surface area contributed by atoms with E-state index in [0.717, 1.165) is 56.4 Å². The van der Waals surface area contributed by atoms with E-state index in [1.54, 1.807) is 56.3 Å². The van der Waals surface area contributed by atoms with Crippen LogP contribution in [0.2, 0.25) is 10.0 Å². The molecular weight excluding hydrogens is 719 g/mol. The van der Waals surface area contributed by atoms with Gasteiger partial charge in [-0.05, 0) is 130 Å². The van der Waals surface area contributed by atoms with Crippen LogP contribution in [0.3, 0.4) is 0 Å². The largest absolute Gasteiger partial charge is 0.397 e. The number of hydrogen-bond donors (Lipinski definition) is 1. The van der Waals surface area contributed by atoms with E-state index in [0.29, 0.717) is 40.1 Å². The van der Waals surface area contributed by atoms with Gasteiger partial charge in [-0.2, -0.15) is 0 Å². The molecule has 2 aliphatic heterocycles. The Morgan fingerprint density at radius 1 is 0.600 bits per heavy atom. The Morgan fingerprint density at radius 3 is 1.42 bits per heavy atom. The highest BCUT2D eigenvalue weighted by atomic mass is 35.5. The molecule has 0 atom stereocenters. The lowest BCUT2D eigenvalue weighted by Crippen LogP contribution is -2.30. The third-order valence-electron chi connectivity index (χ3n) is 9.04. The molecule has 2 fully saturated rings. The Hall–Kier alpha value is -3.84. The fourth-order valence-corrected chi connectivity index (χ4v) is 9.12. The van der Waals surface area contributed by atoms with Crippen molar-refractivity contribution in [2.45, 2.75) is 72.0 Å². The van der Waals surface area contributed by atoms with Gasteiger partial charge in [0.15, 0.2) is 0 Å². The molecule has 0 bridgehead atoms. The Morgan fingerprint density at radius 2 is 0.980 bits per heavy atom. The standard InChI is InChI=1S/C18H19ClN2O4S.C18H21ClN2O2S/c1-13-11-14(5-7-16(13)19)26(24,25)15-6-8-17(21(22)23)18(12-15)20-9-3-2-4-10-20;1-13-11-14(5-7-16(13)19)24(22,23)15-6-8-17(20)18(12-15)21-9-3-2-4-10-21/h5-8,11-12H,2-4,9-10H2,1H3;5-8,11-12H,2-4,9-10,20H2,1H3. The van der Waals surface area contributed by atoms with Gasteiger partial charge in [0.25, 0.3) is 5.69 Å². The summed E-state index contributed by atoms with van der Waals surface area (Å²) in [4.78, 5) is 15.7. The summed E-state index contributed by atoms with van der Waals surface area (Å²) in [5.74, 6) is 0. The van der Waals surface area contributed by atoms with Gasteiger partial charge in [0.05, 0.1) is 35.9 Å². The number of nitro groups is 1. The summed E-state index contributed by atoms with van der Waals surface area (Å²) in [6, 6.07) is 18.2. The smallest absolute Gasteiger partial charge is 0.292 e. The topological polar surface area (TPSA) is 144 Å². The molecule has 2 saturated heterocycles. The number of nitrogens with zero attached hydrogens (tertiary/aromatic N) is 3. The van der Waals surface area contributed by atoms with Gasteiger partial charge in [-0.25, -0.2) is 16.8 Å². The van der Waals surface area contributed by atoms with Gasteiger partial charge in [-0.15, -0.1) is 0 Å². The van der Waals surface area contributed by atoms with Gasteiger partial charge in [-0.3, -0.25) is 10.1 Å². The van der Waals surface area contributed by atoms with Crippen LogP contribution >= 0.6 is 23.2 Å². The molecule has 0 radical (unpaired) electrons. The molecule has 14 heteroatoms. The molecule has 266 valence electrons. The maximum atomic E-state index is 13.0. The highest BCUT2D eigenvalue weighted by Crippen LogP contribution is 2.36. The molecule has 6 rings (SSSR count). The molecule has 0 saturated carbocycles. The number of piperidine rings is 2. The van der Waals surface area contributed by atoms with Crippen LogP contribution in [0, 0.1) is 24.0 Å². The number of hydrogen-bond acceptors (Lipinski definition) is 9. The molecule has 0 aromatic heterocycles. The maximum absolute atomic E-state index is 13.0. The van der Waals surface area contributed by atoms with Crippen molar-refractivity contribution in [3.63, 3.8) is 0 Å². The summed E-state index contributed by atoms with van der Waals surface area (Å²) in [6.07, 6.45) is 6.36. The molecule has 4 aromatic carbocycles. The molecule has 0 amide bonds. The van der Waals surface area contributed by atoms with E-state index in [1.807, 2.05) is 4.90 Å². The van der Waals surface area contributed by atoms with Crippen LogP contribution in [0.25, 0.3) is 0 Å². The van der Waals surface area contributed by atoms with Crippen LogP contribution in [0.15, 0.2) is 92.4 Å². The summed E-state index contributed by atoms with van der Waals surface area (Å²) < 4.78 is 51.8. The van der Waals surface area contributed by atoms with Crippen LogP contribution in [0.1, 0.15) is 49.7 Å². The van der Waals surface area contributed by atoms with Crippen molar-refractivity contribution in [3.05, 3.63) is 104 Å². The predicted octanol–water partition coefficient (Wildman–Crippen LogP) is 8.43. The third-order valence-corrected chi connectivity index (χ3v) is 13.4. The van der Waals surface area contributed by atoms with Crippen molar-refractivity contribution in [3.8, 4) is 0 Å². The van der Waals surface area contributed by atoms with Gasteiger partial charge in [-0.1, -0.05) is 23.2 Å². The highest BCUT2D eigenvalue weighted by molar-refractivity contribution is 7.91. The van der Waals surface area contributed by atoms with Crippen molar-refractivity contribution in [1.82, 2.24) is 0 Å². The first-order valence-corrected chi connectivity index (χ1v) is 20.1. The van der Waals surface area contributed by atoms with E-state index < -0.39 is 24.6 Å². The quantitative estimate of drug-likeness (QED) is 0.112. The summed E-state index contributed by atoms with van der Waals surface area (Å²) in [5, 5.41) is 12.4. The molecule has 2 N–H and O–H groups in total. The number of nitro benzene ring substituents is 1. The Labute approximate surface area is 303 Å². The molecule has 2 aliphatic rings. The van der Waals surface area contributed by atoms with Crippen molar-refractivity contribution in [1.29, 1.82) is 0 Å². The minimum absolute atomic E-state index is 0.0467. The first kappa shape index (κ1) is 37.4. The second-order valence-corrected chi connectivity index (χ2v) is 17.3. The maximum Gasteiger partial charge on any atom is 0.292 e. The SMILES string of the molecule is Cc1cc(S(=O)(=O)c2ccc(N)c(N3CCCCC3)c2)ccc1Cl.Cc1cc(S(=O)(=O)c2ccc([N+](=O)[O-])c(N3CCCCC3)c2)ccc1Cl. The predicted molar refractivity (Wildman–Crippen MR) is 199 cm³/mol. The molecule has 50 heavy (non-hydrogen) atoms. The van der Waals surface area contributed by atoms with E-state index in [1.165, 1.54) is 36.8 Å². The molecular formula is C36H40Cl2N4O6S2. The van der Waals surface area contributed by atoms with Crippen molar-refractivity contribution in [2.75, 3.05) is 41.7 Å². The van der Waals surface area contributed by atoms with E-state index in [2.05, 4.69) is 4.90 Å². The van der Waals surface area contributed by atoms with Gasteiger partial charge in [0.1, 0.15) is 5.69 Å². The first-order valence-electron chi connectivity index (χ1n) is 16.4. The normalized spacial score (nSPS) is 15.3. The van der Waals surface area contributed by atoms with E-state index in [4.69, 9.17) is 28.9 Å². The van der Waals surface area contributed by atoms with E-state index in [9.17, 15) is 26.9 Å². The zero-order chi connectivity index (χ0) is 36.2. The second kappa shape index (κ2) is 15.6. The van der Waals surface area contributed by atoms with Crippen molar-refractivity contribution in [2.24, 2.45) is 0 Å². The highest BCUT2D eigenvalue weighted by Gasteiger charge is 2.27. The fourth-order valence-electron chi connectivity index (χ4n) is 6.15. The number of anilines is 3. The lowest BCUT2D eigenvalue weighted by molar-refractivity contribution is -0.384. The minimum Gasteiger partial charge on any atom is -0.397 e. The number of rotatable bonds is 7. The number of benzene rings is 4. The monoisotopic (exact) mass is 758 g/mol. The van der Waals surface area contributed by atoms with Crippen LogP contribution in [0.4, 0.5) is 22.7 Å². The van der Waals surface area contributed by atoms with E-state index in [-0.39, 0.29) is 25.3 Å². The zero-order valence-corrected chi connectivity index (χ0v) is 31.1. The van der Waals surface area contributed by atoms with Gasteiger partial charge >= 0.3 is 0 Å². The summed E-state index contributed by atoms with van der Waals surface area (Å²) >= 11 is 12.0. The Kier molecular flexibility index (Phi) is 11.7. The number of sulfone groups is 2. The van der Waals surface area contributed by atoms with E-state index >= 15 is 0 Å². The zero-order valence-electron chi connectivity index (χ0n) is 27.9. The van der Waals surface area contributed by atoms with Gasteiger partial charge < -0.3 is 15.5 Å². The molecule has 4 aromatic rings. The molecule has 0 unspecified atom stereocenters.